The van der Waals surface area contributed by atoms with Gasteiger partial charge >= 0.3 is 5.97 Å². The lowest BCUT2D eigenvalue weighted by atomic mass is 9.85. The number of aliphatic carboxylic acids is 1. The first-order valence-electron chi connectivity index (χ1n) is 8.69. The van der Waals surface area contributed by atoms with Gasteiger partial charge in [0.1, 0.15) is 0 Å². The second-order valence-corrected chi connectivity index (χ2v) is 7.31. The second kappa shape index (κ2) is 6.61. The number of rotatable bonds is 5. The van der Waals surface area contributed by atoms with Crippen LogP contribution in [0.1, 0.15) is 29.6 Å². The molecule has 5 heteroatoms. The van der Waals surface area contributed by atoms with Crippen molar-refractivity contribution in [2.24, 2.45) is 5.92 Å². The van der Waals surface area contributed by atoms with Gasteiger partial charge in [-0.2, -0.15) is 0 Å². The van der Waals surface area contributed by atoms with E-state index in [0.717, 1.165) is 23.2 Å². The molecule has 1 aliphatic carbocycles. The van der Waals surface area contributed by atoms with Gasteiger partial charge in [-0.1, -0.05) is 36.2 Å². The number of carbonyl (C=O) groups is 2. The molecule has 1 N–H and O–H groups in total. The maximum atomic E-state index is 12.2. The number of hydrogen-bond donors (Lipinski definition) is 1. The molecule has 132 valence electrons. The van der Waals surface area contributed by atoms with E-state index >= 15 is 0 Å². The normalized spacial score (nSPS) is 14.3. The van der Waals surface area contributed by atoms with Crippen LogP contribution in [0.3, 0.4) is 0 Å². The third-order valence-corrected chi connectivity index (χ3v) is 5.39. The molecule has 0 spiro atoms. The summed E-state index contributed by atoms with van der Waals surface area (Å²) in [4.78, 5) is 23.5. The van der Waals surface area contributed by atoms with E-state index in [1.807, 2.05) is 41.0 Å². The zero-order valence-electron chi connectivity index (χ0n) is 14.1. The molecule has 0 atom stereocenters. The molecule has 26 heavy (non-hydrogen) atoms. The Morgan fingerprint density at radius 2 is 1.88 bits per heavy atom. The van der Waals surface area contributed by atoms with Crippen molar-refractivity contribution < 1.29 is 14.7 Å². The smallest absolute Gasteiger partial charge is 0.377 e. The number of aromatic nitrogens is 1. The van der Waals surface area contributed by atoms with Crippen molar-refractivity contribution in [2.45, 2.75) is 25.8 Å². The minimum atomic E-state index is -1.43. The van der Waals surface area contributed by atoms with Crippen LogP contribution in [-0.2, 0) is 11.3 Å². The first-order valence-corrected chi connectivity index (χ1v) is 9.07. The fourth-order valence-electron chi connectivity index (χ4n) is 3.55. The molecule has 3 aromatic rings. The number of ketones is 1. The Labute approximate surface area is 156 Å². The molecule has 1 saturated carbocycles. The van der Waals surface area contributed by atoms with Gasteiger partial charge in [-0.3, -0.25) is 4.79 Å². The minimum absolute atomic E-state index is 0.246. The Balaban J connectivity index is 1.85. The summed E-state index contributed by atoms with van der Waals surface area (Å²) < 4.78 is 2.02. The summed E-state index contributed by atoms with van der Waals surface area (Å²) in [5, 5.41) is 10.5. The number of carbonyl (C=O) groups excluding carboxylic acids is 1. The first kappa shape index (κ1) is 16.9. The minimum Gasteiger partial charge on any atom is -0.475 e. The standard InChI is InChI=1S/C21H18ClNO3/c22-16-6-2-5-14(9-16)15-7-8-19-17(10-15)18(20(24)21(25)26)12-23(19)11-13-3-1-4-13/h2,5-10,12-13H,1,3-4,11H2,(H,25,26). The van der Waals surface area contributed by atoms with Crippen LogP contribution in [-0.4, -0.2) is 21.4 Å². The average molecular weight is 368 g/mol. The van der Waals surface area contributed by atoms with E-state index in [1.54, 1.807) is 12.3 Å². The molecular formula is C21H18ClNO3. The lowest BCUT2D eigenvalue weighted by Crippen LogP contribution is -2.17. The maximum Gasteiger partial charge on any atom is 0.377 e. The maximum absolute atomic E-state index is 12.2. The largest absolute Gasteiger partial charge is 0.475 e. The van der Waals surface area contributed by atoms with Crippen molar-refractivity contribution in [2.75, 3.05) is 0 Å². The fourth-order valence-corrected chi connectivity index (χ4v) is 3.74. The van der Waals surface area contributed by atoms with Crippen LogP contribution >= 0.6 is 11.6 Å². The summed E-state index contributed by atoms with van der Waals surface area (Å²) in [6.07, 6.45) is 5.30. The Bertz CT molecular complexity index is 1020. The molecule has 1 heterocycles. The number of benzene rings is 2. The number of carboxylic acid groups (broad SMARTS) is 1. The zero-order chi connectivity index (χ0) is 18.3. The number of halogens is 1. The molecule has 0 radical (unpaired) electrons. The summed E-state index contributed by atoms with van der Waals surface area (Å²) in [5.41, 5.74) is 2.98. The summed E-state index contributed by atoms with van der Waals surface area (Å²) in [6, 6.07) is 13.3. The van der Waals surface area contributed by atoms with Crippen LogP contribution in [0.25, 0.3) is 22.0 Å². The molecule has 0 unspecified atom stereocenters. The van der Waals surface area contributed by atoms with Gasteiger partial charge < -0.3 is 9.67 Å². The van der Waals surface area contributed by atoms with E-state index in [4.69, 9.17) is 11.6 Å². The van der Waals surface area contributed by atoms with E-state index in [0.29, 0.717) is 16.3 Å². The van der Waals surface area contributed by atoms with Crippen molar-refractivity contribution >= 4 is 34.3 Å². The Morgan fingerprint density at radius 1 is 1.12 bits per heavy atom. The SMILES string of the molecule is O=C(O)C(=O)c1cn(CC2CCC2)c2ccc(-c3cccc(Cl)c3)cc12. The molecule has 2 aromatic carbocycles. The predicted octanol–water partition coefficient (Wildman–Crippen LogP) is 5.03. The quantitative estimate of drug-likeness (QED) is 0.508. The highest BCUT2D eigenvalue weighted by molar-refractivity contribution is 6.42. The van der Waals surface area contributed by atoms with E-state index in [1.165, 1.54) is 19.3 Å². The zero-order valence-corrected chi connectivity index (χ0v) is 14.9. The van der Waals surface area contributed by atoms with Gasteiger partial charge in [0.2, 0.25) is 0 Å². The number of fused-ring (bicyclic) bond motifs is 1. The van der Waals surface area contributed by atoms with Gasteiger partial charge in [0.25, 0.3) is 5.78 Å². The molecule has 0 saturated heterocycles. The lowest BCUT2D eigenvalue weighted by molar-refractivity contribution is -0.131. The molecule has 4 rings (SSSR count). The van der Waals surface area contributed by atoms with Crippen LogP contribution in [0.2, 0.25) is 5.02 Å². The van der Waals surface area contributed by atoms with Crippen LogP contribution in [0.5, 0.6) is 0 Å². The number of nitrogens with zero attached hydrogens (tertiary/aromatic N) is 1. The van der Waals surface area contributed by atoms with Crippen molar-refractivity contribution in [3.05, 3.63) is 59.2 Å². The van der Waals surface area contributed by atoms with E-state index in [2.05, 4.69) is 0 Å². The van der Waals surface area contributed by atoms with E-state index in [-0.39, 0.29) is 5.56 Å². The third kappa shape index (κ3) is 3.01. The molecule has 1 aromatic heterocycles. The average Bonchev–Trinajstić information content (AvgIpc) is 2.95. The Kier molecular flexibility index (Phi) is 4.29. The van der Waals surface area contributed by atoms with E-state index in [9.17, 15) is 14.7 Å². The van der Waals surface area contributed by atoms with Gasteiger partial charge in [0.15, 0.2) is 0 Å². The van der Waals surface area contributed by atoms with Crippen LogP contribution in [0.15, 0.2) is 48.7 Å². The lowest BCUT2D eigenvalue weighted by Gasteiger charge is -2.26. The van der Waals surface area contributed by atoms with Gasteiger partial charge in [0, 0.05) is 28.7 Å². The van der Waals surface area contributed by atoms with Gasteiger partial charge in [-0.25, -0.2) is 4.79 Å². The molecule has 0 amide bonds. The van der Waals surface area contributed by atoms with Gasteiger partial charge in [-0.05, 0) is 54.2 Å². The summed E-state index contributed by atoms with van der Waals surface area (Å²) in [7, 11) is 0. The van der Waals surface area contributed by atoms with Gasteiger partial charge in [0.05, 0.1) is 5.56 Å². The summed E-state index contributed by atoms with van der Waals surface area (Å²) in [5.74, 6) is -1.70. The number of Topliss-reactive ketones (excluding diaryl/α,β-unsaturated/α-hetero) is 1. The van der Waals surface area contributed by atoms with Crippen molar-refractivity contribution in [1.82, 2.24) is 4.57 Å². The molecule has 1 fully saturated rings. The van der Waals surface area contributed by atoms with Crippen LogP contribution in [0.4, 0.5) is 0 Å². The molecule has 1 aliphatic rings. The highest BCUT2D eigenvalue weighted by Gasteiger charge is 2.24. The van der Waals surface area contributed by atoms with Crippen molar-refractivity contribution in [3.63, 3.8) is 0 Å². The highest BCUT2D eigenvalue weighted by Crippen LogP contribution is 2.33. The molecule has 0 bridgehead atoms. The molecule has 4 nitrogen and oxygen atoms in total. The van der Waals surface area contributed by atoms with Crippen LogP contribution < -0.4 is 0 Å². The van der Waals surface area contributed by atoms with Crippen molar-refractivity contribution in [3.8, 4) is 11.1 Å². The van der Waals surface area contributed by atoms with Gasteiger partial charge in [-0.15, -0.1) is 0 Å². The Hall–Kier alpha value is -2.59. The summed E-state index contributed by atoms with van der Waals surface area (Å²) >= 11 is 6.08. The Morgan fingerprint density at radius 3 is 2.54 bits per heavy atom. The van der Waals surface area contributed by atoms with Crippen molar-refractivity contribution in [1.29, 1.82) is 0 Å². The topological polar surface area (TPSA) is 59.3 Å². The van der Waals surface area contributed by atoms with E-state index < -0.39 is 11.8 Å². The molecular weight excluding hydrogens is 350 g/mol. The third-order valence-electron chi connectivity index (χ3n) is 5.16. The first-order chi connectivity index (χ1) is 12.5. The number of carboxylic acids is 1. The fraction of sp³-hybridized carbons (Fsp3) is 0.238. The summed E-state index contributed by atoms with van der Waals surface area (Å²) in [6.45, 7) is 0.819. The highest BCUT2D eigenvalue weighted by atomic mass is 35.5. The predicted molar refractivity (Wildman–Crippen MR) is 102 cm³/mol. The second-order valence-electron chi connectivity index (χ2n) is 6.87. The number of hydrogen-bond acceptors (Lipinski definition) is 2. The van der Waals surface area contributed by atoms with Crippen LogP contribution in [0, 0.1) is 5.92 Å². The molecule has 0 aliphatic heterocycles. The monoisotopic (exact) mass is 367 g/mol.